The zero-order valence-corrected chi connectivity index (χ0v) is 9.69. The molecule has 1 saturated carbocycles. The number of carbonyl (C=O) groups is 2. The molecule has 5 heteroatoms. The standard InChI is InChI=1S/C10H17ClN2O2/c1-12-9(15)10(13-8(14)7-11)5-3-2-4-6-10/h2-7H2,1H3,(H,12,15)(H,13,14). The second-order valence-corrected chi connectivity index (χ2v) is 4.17. The first kappa shape index (κ1) is 12.3. The molecule has 1 aliphatic rings. The highest BCUT2D eigenvalue weighted by Crippen LogP contribution is 2.28. The van der Waals surface area contributed by atoms with Gasteiger partial charge in [0.1, 0.15) is 11.4 Å². The van der Waals surface area contributed by atoms with Crippen molar-refractivity contribution in [2.45, 2.75) is 37.6 Å². The molecule has 2 amide bonds. The molecule has 0 spiro atoms. The third-order valence-electron chi connectivity index (χ3n) is 2.87. The first-order valence-corrected chi connectivity index (χ1v) is 5.77. The maximum absolute atomic E-state index is 11.8. The van der Waals surface area contributed by atoms with Gasteiger partial charge in [0, 0.05) is 7.05 Å². The van der Waals surface area contributed by atoms with Crippen LogP contribution in [0.2, 0.25) is 0 Å². The Labute approximate surface area is 94.7 Å². The van der Waals surface area contributed by atoms with E-state index >= 15 is 0 Å². The molecule has 0 aromatic heterocycles. The lowest BCUT2D eigenvalue weighted by Crippen LogP contribution is -2.59. The Balaban J connectivity index is 2.75. The summed E-state index contributed by atoms with van der Waals surface area (Å²) in [5.41, 5.74) is -0.723. The van der Waals surface area contributed by atoms with Crippen LogP contribution in [0.5, 0.6) is 0 Å². The normalized spacial score (nSPS) is 19.3. The Morgan fingerprint density at radius 3 is 2.33 bits per heavy atom. The summed E-state index contributed by atoms with van der Waals surface area (Å²) in [4.78, 5) is 23.1. The van der Waals surface area contributed by atoms with Gasteiger partial charge < -0.3 is 10.6 Å². The molecule has 0 aromatic carbocycles. The number of likely N-dealkylation sites (N-methyl/N-ethyl adjacent to an activating group) is 1. The molecule has 1 aliphatic carbocycles. The van der Waals surface area contributed by atoms with Crippen LogP contribution in [-0.2, 0) is 9.59 Å². The Morgan fingerprint density at radius 2 is 1.87 bits per heavy atom. The van der Waals surface area contributed by atoms with Crippen molar-refractivity contribution in [2.75, 3.05) is 12.9 Å². The smallest absolute Gasteiger partial charge is 0.245 e. The van der Waals surface area contributed by atoms with Gasteiger partial charge >= 0.3 is 0 Å². The van der Waals surface area contributed by atoms with E-state index in [9.17, 15) is 9.59 Å². The van der Waals surface area contributed by atoms with E-state index in [0.29, 0.717) is 12.8 Å². The molecule has 0 aliphatic heterocycles. The fourth-order valence-corrected chi connectivity index (χ4v) is 2.17. The lowest BCUT2D eigenvalue weighted by molar-refractivity contribution is -0.133. The van der Waals surface area contributed by atoms with Gasteiger partial charge in [-0.15, -0.1) is 11.6 Å². The van der Waals surface area contributed by atoms with E-state index in [4.69, 9.17) is 11.6 Å². The van der Waals surface area contributed by atoms with Crippen molar-refractivity contribution < 1.29 is 9.59 Å². The van der Waals surface area contributed by atoms with Gasteiger partial charge in [0.2, 0.25) is 11.8 Å². The van der Waals surface area contributed by atoms with Crippen LogP contribution in [0.4, 0.5) is 0 Å². The molecule has 0 radical (unpaired) electrons. The molecule has 1 fully saturated rings. The number of nitrogens with one attached hydrogen (secondary N) is 2. The van der Waals surface area contributed by atoms with Gasteiger partial charge in [0.05, 0.1) is 0 Å². The van der Waals surface area contributed by atoms with Crippen LogP contribution in [0.3, 0.4) is 0 Å². The van der Waals surface area contributed by atoms with E-state index < -0.39 is 5.54 Å². The Morgan fingerprint density at radius 1 is 1.27 bits per heavy atom. The summed E-state index contributed by atoms with van der Waals surface area (Å²) in [6.45, 7) is 0. The molecule has 0 bridgehead atoms. The summed E-state index contributed by atoms with van der Waals surface area (Å²) in [6.07, 6.45) is 4.46. The maximum Gasteiger partial charge on any atom is 0.245 e. The minimum Gasteiger partial charge on any atom is -0.357 e. The molecule has 0 saturated heterocycles. The number of alkyl halides is 1. The monoisotopic (exact) mass is 232 g/mol. The zero-order chi connectivity index (χ0) is 11.3. The lowest BCUT2D eigenvalue weighted by atomic mass is 9.81. The predicted octanol–water partition coefficient (Wildman–Crippen LogP) is 0.790. The molecule has 0 unspecified atom stereocenters. The predicted molar refractivity (Wildman–Crippen MR) is 58.7 cm³/mol. The molecule has 15 heavy (non-hydrogen) atoms. The number of carbonyl (C=O) groups excluding carboxylic acids is 2. The van der Waals surface area contributed by atoms with Crippen molar-refractivity contribution in [1.82, 2.24) is 10.6 Å². The fraction of sp³-hybridized carbons (Fsp3) is 0.800. The van der Waals surface area contributed by atoms with E-state index in [-0.39, 0.29) is 17.7 Å². The Bertz CT molecular complexity index is 250. The van der Waals surface area contributed by atoms with Crippen LogP contribution in [-0.4, -0.2) is 30.3 Å². The molecule has 4 nitrogen and oxygen atoms in total. The van der Waals surface area contributed by atoms with E-state index in [1.54, 1.807) is 7.05 Å². The number of hydrogen-bond acceptors (Lipinski definition) is 2. The van der Waals surface area contributed by atoms with Crippen molar-refractivity contribution in [1.29, 1.82) is 0 Å². The summed E-state index contributed by atoms with van der Waals surface area (Å²) in [7, 11) is 1.59. The van der Waals surface area contributed by atoms with Crippen molar-refractivity contribution >= 4 is 23.4 Å². The quantitative estimate of drug-likeness (QED) is 0.707. The lowest BCUT2D eigenvalue weighted by Gasteiger charge is -2.36. The Hall–Kier alpha value is -0.770. The van der Waals surface area contributed by atoms with E-state index in [1.807, 2.05) is 0 Å². The fourth-order valence-electron chi connectivity index (χ4n) is 2.10. The van der Waals surface area contributed by atoms with Gasteiger partial charge in [-0.25, -0.2) is 0 Å². The van der Waals surface area contributed by atoms with Crippen molar-refractivity contribution in [3.05, 3.63) is 0 Å². The summed E-state index contributed by atoms with van der Waals surface area (Å²) in [5.74, 6) is -0.485. The highest BCUT2D eigenvalue weighted by molar-refractivity contribution is 6.27. The van der Waals surface area contributed by atoms with E-state index in [1.165, 1.54) is 0 Å². The third-order valence-corrected chi connectivity index (χ3v) is 3.11. The van der Waals surface area contributed by atoms with Crippen molar-refractivity contribution in [2.24, 2.45) is 0 Å². The van der Waals surface area contributed by atoms with Crippen molar-refractivity contribution in [3.8, 4) is 0 Å². The zero-order valence-electron chi connectivity index (χ0n) is 8.94. The SMILES string of the molecule is CNC(=O)C1(NC(=O)CCl)CCCCC1. The summed E-state index contributed by atoms with van der Waals surface area (Å²) >= 11 is 5.44. The van der Waals surface area contributed by atoms with Gasteiger partial charge in [-0.05, 0) is 12.8 Å². The first-order chi connectivity index (χ1) is 7.14. The van der Waals surface area contributed by atoms with Crippen LogP contribution in [0.15, 0.2) is 0 Å². The number of rotatable bonds is 3. The largest absolute Gasteiger partial charge is 0.357 e. The highest BCUT2D eigenvalue weighted by Gasteiger charge is 2.39. The first-order valence-electron chi connectivity index (χ1n) is 5.24. The highest BCUT2D eigenvalue weighted by atomic mass is 35.5. The van der Waals surface area contributed by atoms with E-state index in [0.717, 1.165) is 19.3 Å². The van der Waals surface area contributed by atoms with Gasteiger partial charge in [0.25, 0.3) is 0 Å². The minimum absolute atomic E-state index is 0.0985. The molecule has 86 valence electrons. The molecule has 2 N–H and O–H groups in total. The van der Waals surface area contributed by atoms with Crippen LogP contribution in [0.1, 0.15) is 32.1 Å². The summed E-state index contributed by atoms with van der Waals surface area (Å²) in [5, 5.41) is 5.36. The average molecular weight is 233 g/mol. The molecule has 0 heterocycles. The van der Waals surface area contributed by atoms with Gasteiger partial charge in [-0.3, -0.25) is 9.59 Å². The van der Waals surface area contributed by atoms with Crippen molar-refractivity contribution in [3.63, 3.8) is 0 Å². The molecular formula is C10H17ClN2O2. The molecule has 0 aromatic rings. The van der Waals surface area contributed by atoms with Gasteiger partial charge in [-0.2, -0.15) is 0 Å². The topological polar surface area (TPSA) is 58.2 Å². The van der Waals surface area contributed by atoms with Gasteiger partial charge in [-0.1, -0.05) is 19.3 Å². The second kappa shape index (κ2) is 5.35. The Kier molecular flexibility index (Phi) is 4.39. The van der Waals surface area contributed by atoms with Crippen LogP contribution >= 0.6 is 11.6 Å². The molecular weight excluding hydrogens is 216 g/mol. The minimum atomic E-state index is -0.723. The molecule has 0 atom stereocenters. The number of halogens is 1. The average Bonchev–Trinajstić information content (AvgIpc) is 2.29. The van der Waals surface area contributed by atoms with Crippen LogP contribution < -0.4 is 10.6 Å². The van der Waals surface area contributed by atoms with Crippen LogP contribution in [0.25, 0.3) is 0 Å². The number of amides is 2. The summed E-state index contributed by atoms with van der Waals surface area (Å²) in [6, 6.07) is 0. The third kappa shape index (κ3) is 2.84. The van der Waals surface area contributed by atoms with Crippen LogP contribution in [0, 0.1) is 0 Å². The maximum atomic E-state index is 11.8. The number of hydrogen-bond donors (Lipinski definition) is 2. The molecule has 1 rings (SSSR count). The second-order valence-electron chi connectivity index (χ2n) is 3.90. The summed E-state index contributed by atoms with van der Waals surface area (Å²) < 4.78 is 0. The van der Waals surface area contributed by atoms with E-state index in [2.05, 4.69) is 10.6 Å². The van der Waals surface area contributed by atoms with Gasteiger partial charge in [0.15, 0.2) is 0 Å².